The van der Waals surface area contributed by atoms with E-state index in [-0.39, 0.29) is 0 Å². The van der Waals surface area contributed by atoms with Crippen LogP contribution in [0.2, 0.25) is 0 Å². The average Bonchev–Trinajstić information content (AvgIpc) is 3.02. The van der Waals surface area contributed by atoms with Crippen LogP contribution in [0.4, 0.5) is 5.69 Å². The highest BCUT2D eigenvalue weighted by Gasteiger charge is 2.23. The van der Waals surface area contributed by atoms with Crippen molar-refractivity contribution in [3.05, 3.63) is 95.6 Å². The molecule has 0 fully saturated rings. The number of allylic oxidation sites excluding steroid dienone is 1. The summed E-state index contributed by atoms with van der Waals surface area (Å²) in [5.41, 5.74) is 7.97. The summed E-state index contributed by atoms with van der Waals surface area (Å²) < 4.78 is 0. The number of hydrogen-bond donors (Lipinski definition) is 0. The average molecular weight is 351 g/mol. The Labute approximate surface area is 160 Å². The molecule has 0 amide bonds. The van der Waals surface area contributed by atoms with E-state index < -0.39 is 0 Å². The van der Waals surface area contributed by atoms with Gasteiger partial charge in [0, 0.05) is 37.1 Å². The molecule has 0 spiro atoms. The van der Waals surface area contributed by atoms with Gasteiger partial charge in [-0.15, -0.1) is 5.10 Å². The third-order valence-electron chi connectivity index (χ3n) is 4.66. The van der Waals surface area contributed by atoms with E-state index >= 15 is 0 Å². The normalized spacial score (nSPS) is 12.4. The topological polar surface area (TPSA) is 28.0 Å². The molecule has 4 rings (SSSR count). The van der Waals surface area contributed by atoms with Crippen LogP contribution >= 0.6 is 0 Å². The van der Waals surface area contributed by atoms with Crippen LogP contribution in [-0.4, -0.2) is 26.0 Å². The second-order valence-electron chi connectivity index (χ2n) is 6.65. The van der Waals surface area contributed by atoms with E-state index in [0.717, 1.165) is 22.4 Å². The van der Waals surface area contributed by atoms with Gasteiger partial charge in [-0.2, -0.15) is 5.10 Å². The standard InChI is InChI=1S/C24H21N3/c1-27(2)19-15-13-18(14-16-19)8-7-17-25-26-24-22-11-5-3-9-20(22)21-10-4-6-12-23(21)24/h3-17H,1-2H3. The highest BCUT2D eigenvalue weighted by molar-refractivity contribution is 6.24. The van der Waals surface area contributed by atoms with Gasteiger partial charge in [0.2, 0.25) is 0 Å². The summed E-state index contributed by atoms with van der Waals surface area (Å²) in [6, 6.07) is 25.1. The summed E-state index contributed by atoms with van der Waals surface area (Å²) in [6.07, 6.45) is 5.68. The molecular weight excluding hydrogens is 330 g/mol. The molecule has 3 aromatic rings. The molecule has 27 heavy (non-hydrogen) atoms. The second-order valence-corrected chi connectivity index (χ2v) is 6.65. The Bertz CT molecular complexity index is 994. The first-order chi connectivity index (χ1) is 13.2. The van der Waals surface area contributed by atoms with Gasteiger partial charge in [0.15, 0.2) is 0 Å². The van der Waals surface area contributed by atoms with E-state index in [2.05, 4.69) is 75.8 Å². The Morgan fingerprint density at radius 1 is 0.704 bits per heavy atom. The van der Waals surface area contributed by atoms with Crippen LogP contribution < -0.4 is 4.90 Å². The number of hydrogen-bond acceptors (Lipinski definition) is 3. The van der Waals surface area contributed by atoms with Gasteiger partial charge in [-0.1, -0.05) is 66.7 Å². The lowest BCUT2D eigenvalue weighted by Gasteiger charge is -2.11. The molecule has 0 heterocycles. The Morgan fingerprint density at radius 2 is 1.26 bits per heavy atom. The quantitative estimate of drug-likeness (QED) is 0.364. The Balaban J connectivity index is 1.54. The van der Waals surface area contributed by atoms with Crippen molar-refractivity contribution in [2.45, 2.75) is 0 Å². The number of fused-ring (bicyclic) bond motifs is 3. The van der Waals surface area contributed by atoms with E-state index in [4.69, 9.17) is 0 Å². The fourth-order valence-corrected chi connectivity index (χ4v) is 3.27. The molecule has 0 radical (unpaired) electrons. The maximum absolute atomic E-state index is 4.50. The molecular formula is C24H21N3. The zero-order valence-electron chi connectivity index (χ0n) is 15.5. The molecule has 0 bridgehead atoms. The summed E-state index contributed by atoms with van der Waals surface area (Å²) in [5, 5.41) is 8.78. The van der Waals surface area contributed by atoms with Gasteiger partial charge in [-0.05, 0) is 34.9 Å². The zero-order chi connectivity index (χ0) is 18.6. The number of anilines is 1. The molecule has 1 aliphatic carbocycles. The SMILES string of the molecule is CN(C)c1ccc(C=CC=NN=C2c3ccccc3-c3ccccc32)cc1. The first-order valence-corrected chi connectivity index (χ1v) is 8.98. The van der Waals surface area contributed by atoms with Crippen molar-refractivity contribution in [3.63, 3.8) is 0 Å². The van der Waals surface area contributed by atoms with Crippen molar-refractivity contribution in [2.24, 2.45) is 10.2 Å². The summed E-state index contributed by atoms with van der Waals surface area (Å²) in [7, 11) is 4.08. The van der Waals surface area contributed by atoms with E-state index in [9.17, 15) is 0 Å². The smallest absolute Gasteiger partial charge is 0.101 e. The van der Waals surface area contributed by atoms with Crippen molar-refractivity contribution in [1.29, 1.82) is 0 Å². The molecule has 132 valence electrons. The van der Waals surface area contributed by atoms with Crippen LogP contribution in [0.5, 0.6) is 0 Å². The molecule has 0 aliphatic heterocycles. The van der Waals surface area contributed by atoms with Crippen LogP contribution in [0.3, 0.4) is 0 Å². The highest BCUT2D eigenvalue weighted by atomic mass is 15.2. The number of benzene rings is 3. The maximum atomic E-state index is 4.50. The van der Waals surface area contributed by atoms with Gasteiger partial charge >= 0.3 is 0 Å². The van der Waals surface area contributed by atoms with E-state index in [1.54, 1.807) is 6.21 Å². The Kier molecular flexibility index (Phi) is 4.67. The lowest BCUT2D eigenvalue weighted by atomic mass is 10.1. The summed E-state index contributed by atoms with van der Waals surface area (Å²) in [4.78, 5) is 2.09. The van der Waals surface area contributed by atoms with Crippen molar-refractivity contribution in [1.82, 2.24) is 0 Å². The molecule has 3 nitrogen and oxygen atoms in total. The first-order valence-electron chi connectivity index (χ1n) is 8.98. The maximum Gasteiger partial charge on any atom is 0.101 e. The first kappa shape index (κ1) is 17.0. The van der Waals surface area contributed by atoms with Crippen LogP contribution in [0.1, 0.15) is 16.7 Å². The van der Waals surface area contributed by atoms with Gasteiger partial charge in [0.05, 0.1) is 0 Å². The third-order valence-corrected chi connectivity index (χ3v) is 4.66. The Hall–Kier alpha value is -3.46. The van der Waals surface area contributed by atoms with Crippen LogP contribution in [-0.2, 0) is 0 Å². The second kappa shape index (κ2) is 7.42. The molecule has 3 aromatic carbocycles. The van der Waals surface area contributed by atoms with Crippen LogP contribution in [0.25, 0.3) is 17.2 Å². The summed E-state index contributed by atoms with van der Waals surface area (Å²) in [6.45, 7) is 0. The lowest BCUT2D eigenvalue weighted by molar-refractivity contribution is 1.13. The van der Waals surface area contributed by atoms with Gasteiger partial charge in [-0.25, -0.2) is 0 Å². The fraction of sp³-hybridized carbons (Fsp3) is 0.0833. The number of nitrogens with zero attached hydrogens (tertiary/aromatic N) is 3. The predicted octanol–water partition coefficient (Wildman–Crippen LogP) is 5.27. The van der Waals surface area contributed by atoms with Crippen molar-refractivity contribution < 1.29 is 0 Å². The van der Waals surface area contributed by atoms with Crippen molar-refractivity contribution in [2.75, 3.05) is 19.0 Å². The molecule has 0 N–H and O–H groups in total. The molecule has 1 aliphatic rings. The molecule has 0 saturated carbocycles. The summed E-state index contributed by atoms with van der Waals surface area (Å²) >= 11 is 0. The molecule has 0 saturated heterocycles. The number of rotatable bonds is 4. The van der Waals surface area contributed by atoms with E-state index in [1.807, 2.05) is 38.4 Å². The predicted molar refractivity (Wildman–Crippen MR) is 116 cm³/mol. The van der Waals surface area contributed by atoms with Crippen molar-refractivity contribution >= 4 is 23.7 Å². The van der Waals surface area contributed by atoms with Crippen LogP contribution in [0, 0.1) is 0 Å². The molecule has 0 unspecified atom stereocenters. The summed E-state index contributed by atoms with van der Waals surface area (Å²) in [5.74, 6) is 0. The highest BCUT2D eigenvalue weighted by Crippen LogP contribution is 2.36. The van der Waals surface area contributed by atoms with E-state index in [1.165, 1.54) is 16.8 Å². The fourth-order valence-electron chi connectivity index (χ4n) is 3.27. The van der Waals surface area contributed by atoms with E-state index in [0.29, 0.717) is 0 Å². The molecule has 0 atom stereocenters. The van der Waals surface area contributed by atoms with Crippen molar-refractivity contribution in [3.8, 4) is 11.1 Å². The third kappa shape index (κ3) is 3.44. The largest absolute Gasteiger partial charge is 0.378 e. The van der Waals surface area contributed by atoms with Gasteiger partial charge in [0.25, 0.3) is 0 Å². The molecule has 0 aromatic heterocycles. The lowest BCUT2D eigenvalue weighted by Crippen LogP contribution is -2.07. The van der Waals surface area contributed by atoms with Crippen LogP contribution in [0.15, 0.2) is 89.1 Å². The minimum atomic E-state index is 0.932. The monoisotopic (exact) mass is 351 g/mol. The van der Waals surface area contributed by atoms with Gasteiger partial charge < -0.3 is 4.90 Å². The molecule has 3 heteroatoms. The minimum Gasteiger partial charge on any atom is -0.378 e. The van der Waals surface area contributed by atoms with Gasteiger partial charge in [-0.3, -0.25) is 0 Å². The Morgan fingerprint density at radius 3 is 1.81 bits per heavy atom. The minimum absolute atomic E-state index is 0.932. The van der Waals surface area contributed by atoms with Gasteiger partial charge in [0.1, 0.15) is 5.71 Å². The zero-order valence-corrected chi connectivity index (χ0v) is 15.5.